The van der Waals surface area contributed by atoms with Gasteiger partial charge in [0.2, 0.25) is 5.89 Å². The summed E-state index contributed by atoms with van der Waals surface area (Å²) in [6.07, 6.45) is 5.78. The molecule has 1 aromatic heterocycles. The van der Waals surface area contributed by atoms with Gasteiger partial charge in [0, 0.05) is 6.42 Å². The Hall–Kier alpha value is -0.900. The molecule has 1 saturated carbocycles. The summed E-state index contributed by atoms with van der Waals surface area (Å²) < 4.78 is 5.31. The first-order valence-electron chi connectivity index (χ1n) is 6.67. The van der Waals surface area contributed by atoms with Gasteiger partial charge in [0.25, 0.3) is 0 Å². The average Bonchev–Trinajstić information content (AvgIpc) is 2.59. The third-order valence-corrected chi connectivity index (χ3v) is 3.37. The highest BCUT2D eigenvalue weighted by atomic mass is 16.5. The number of nitrogens with zero attached hydrogens (tertiary/aromatic N) is 2. The van der Waals surface area contributed by atoms with Crippen LogP contribution >= 0.6 is 0 Å². The Morgan fingerprint density at radius 1 is 1.29 bits per heavy atom. The standard InChI is InChI=1S/C13H22N2O2/c1-9(2)8-12-14-13(17-15-12)10-6-4-3-5-7-11(10)16/h9-11,16H,3-8H2,1-2H3. The minimum Gasteiger partial charge on any atom is -0.392 e. The maximum absolute atomic E-state index is 10.1. The number of hydrogen-bond donors (Lipinski definition) is 1. The van der Waals surface area contributed by atoms with Crippen LogP contribution in [-0.2, 0) is 6.42 Å². The predicted octanol–water partition coefficient (Wildman–Crippen LogP) is 2.68. The van der Waals surface area contributed by atoms with E-state index in [-0.39, 0.29) is 12.0 Å². The van der Waals surface area contributed by atoms with E-state index in [0.717, 1.165) is 37.9 Å². The third-order valence-electron chi connectivity index (χ3n) is 3.37. The number of aromatic nitrogens is 2. The predicted molar refractivity (Wildman–Crippen MR) is 64.7 cm³/mol. The molecule has 1 fully saturated rings. The molecule has 96 valence electrons. The maximum Gasteiger partial charge on any atom is 0.232 e. The van der Waals surface area contributed by atoms with E-state index in [1.165, 1.54) is 6.42 Å². The Morgan fingerprint density at radius 2 is 2.06 bits per heavy atom. The van der Waals surface area contributed by atoms with Crippen molar-refractivity contribution in [2.45, 2.75) is 64.4 Å². The fourth-order valence-electron chi connectivity index (χ4n) is 2.44. The van der Waals surface area contributed by atoms with E-state index in [2.05, 4.69) is 24.0 Å². The van der Waals surface area contributed by atoms with Crippen LogP contribution in [0.1, 0.15) is 63.6 Å². The van der Waals surface area contributed by atoms with E-state index in [4.69, 9.17) is 4.52 Å². The SMILES string of the molecule is CC(C)Cc1noc(C2CCCCCC2O)n1. The van der Waals surface area contributed by atoms with Crippen LogP contribution in [0.2, 0.25) is 0 Å². The zero-order valence-electron chi connectivity index (χ0n) is 10.7. The van der Waals surface area contributed by atoms with E-state index < -0.39 is 0 Å². The normalized spacial score (nSPS) is 26.1. The Morgan fingerprint density at radius 3 is 2.82 bits per heavy atom. The Balaban J connectivity index is 2.07. The van der Waals surface area contributed by atoms with E-state index in [1.54, 1.807) is 0 Å². The number of aliphatic hydroxyl groups excluding tert-OH is 1. The summed E-state index contributed by atoms with van der Waals surface area (Å²) in [5, 5.41) is 14.1. The largest absolute Gasteiger partial charge is 0.392 e. The van der Waals surface area contributed by atoms with Crippen molar-refractivity contribution in [2.75, 3.05) is 0 Å². The van der Waals surface area contributed by atoms with Crippen molar-refractivity contribution in [1.82, 2.24) is 10.1 Å². The lowest BCUT2D eigenvalue weighted by atomic mass is 9.97. The van der Waals surface area contributed by atoms with Crippen LogP contribution < -0.4 is 0 Å². The third kappa shape index (κ3) is 3.28. The molecule has 0 amide bonds. The lowest BCUT2D eigenvalue weighted by molar-refractivity contribution is 0.119. The lowest BCUT2D eigenvalue weighted by Crippen LogP contribution is -2.17. The van der Waals surface area contributed by atoms with Crippen molar-refractivity contribution < 1.29 is 9.63 Å². The zero-order valence-corrected chi connectivity index (χ0v) is 10.7. The summed E-state index contributed by atoms with van der Waals surface area (Å²) in [5.41, 5.74) is 0. The van der Waals surface area contributed by atoms with Crippen LogP contribution in [0.3, 0.4) is 0 Å². The fourth-order valence-corrected chi connectivity index (χ4v) is 2.44. The van der Waals surface area contributed by atoms with Crippen molar-refractivity contribution in [3.8, 4) is 0 Å². The topological polar surface area (TPSA) is 59.2 Å². The van der Waals surface area contributed by atoms with E-state index in [9.17, 15) is 5.11 Å². The number of rotatable bonds is 3. The van der Waals surface area contributed by atoms with Crippen molar-refractivity contribution in [3.63, 3.8) is 0 Å². The van der Waals surface area contributed by atoms with E-state index in [0.29, 0.717) is 11.8 Å². The van der Waals surface area contributed by atoms with E-state index >= 15 is 0 Å². The molecule has 0 aliphatic heterocycles. The second-order valence-electron chi connectivity index (χ2n) is 5.46. The summed E-state index contributed by atoms with van der Waals surface area (Å²) in [7, 11) is 0. The molecule has 0 radical (unpaired) electrons. The summed E-state index contributed by atoms with van der Waals surface area (Å²) in [6, 6.07) is 0. The molecule has 2 unspecified atom stereocenters. The molecule has 1 aliphatic carbocycles. The van der Waals surface area contributed by atoms with Gasteiger partial charge >= 0.3 is 0 Å². The van der Waals surface area contributed by atoms with Crippen LogP contribution in [0.15, 0.2) is 4.52 Å². The van der Waals surface area contributed by atoms with Gasteiger partial charge in [-0.3, -0.25) is 0 Å². The van der Waals surface area contributed by atoms with Gasteiger partial charge < -0.3 is 9.63 Å². The smallest absolute Gasteiger partial charge is 0.232 e. The van der Waals surface area contributed by atoms with Crippen molar-refractivity contribution in [3.05, 3.63) is 11.7 Å². The Bertz CT molecular complexity index is 349. The molecule has 2 rings (SSSR count). The van der Waals surface area contributed by atoms with Crippen molar-refractivity contribution in [2.24, 2.45) is 5.92 Å². The second kappa shape index (κ2) is 5.63. The zero-order chi connectivity index (χ0) is 12.3. The van der Waals surface area contributed by atoms with Gasteiger partial charge in [-0.25, -0.2) is 0 Å². The van der Waals surface area contributed by atoms with Gasteiger partial charge in [-0.1, -0.05) is 38.3 Å². The molecule has 2 atom stereocenters. The van der Waals surface area contributed by atoms with Gasteiger partial charge in [0.05, 0.1) is 12.0 Å². The van der Waals surface area contributed by atoms with Gasteiger partial charge in [-0.05, 0) is 18.8 Å². The van der Waals surface area contributed by atoms with Gasteiger partial charge in [0.1, 0.15) is 0 Å². The monoisotopic (exact) mass is 238 g/mol. The molecular weight excluding hydrogens is 216 g/mol. The first kappa shape index (κ1) is 12.6. The fraction of sp³-hybridized carbons (Fsp3) is 0.846. The first-order chi connectivity index (χ1) is 8.16. The highest BCUT2D eigenvalue weighted by molar-refractivity contribution is 4.98. The molecule has 1 heterocycles. The molecular formula is C13H22N2O2. The van der Waals surface area contributed by atoms with Crippen LogP contribution in [0, 0.1) is 5.92 Å². The molecule has 0 bridgehead atoms. The Labute approximate surface area is 102 Å². The maximum atomic E-state index is 10.1. The van der Waals surface area contributed by atoms with Gasteiger partial charge in [-0.2, -0.15) is 4.98 Å². The second-order valence-corrected chi connectivity index (χ2v) is 5.46. The minimum absolute atomic E-state index is 0.0471. The van der Waals surface area contributed by atoms with Crippen molar-refractivity contribution >= 4 is 0 Å². The molecule has 0 saturated heterocycles. The molecule has 17 heavy (non-hydrogen) atoms. The molecule has 0 spiro atoms. The van der Waals surface area contributed by atoms with E-state index in [1.807, 2.05) is 0 Å². The Kier molecular flexibility index (Phi) is 4.15. The van der Waals surface area contributed by atoms with Crippen LogP contribution in [-0.4, -0.2) is 21.4 Å². The van der Waals surface area contributed by atoms with Gasteiger partial charge in [0.15, 0.2) is 5.82 Å². The number of aliphatic hydroxyl groups is 1. The summed E-state index contributed by atoms with van der Waals surface area (Å²) in [4.78, 5) is 4.43. The molecule has 1 aliphatic rings. The van der Waals surface area contributed by atoms with Crippen molar-refractivity contribution in [1.29, 1.82) is 0 Å². The average molecular weight is 238 g/mol. The number of hydrogen-bond acceptors (Lipinski definition) is 4. The molecule has 0 aromatic carbocycles. The van der Waals surface area contributed by atoms with Crippen LogP contribution in [0.25, 0.3) is 0 Å². The lowest BCUT2D eigenvalue weighted by Gasteiger charge is -2.15. The highest BCUT2D eigenvalue weighted by Gasteiger charge is 2.28. The first-order valence-corrected chi connectivity index (χ1v) is 6.67. The molecule has 1 N–H and O–H groups in total. The quantitative estimate of drug-likeness (QED) is 0.822. The molecule has 1 aromatic rings. The summed E-state index contributed by atoms with van der Waals surface area (Å²) >= 11 is 0. The van der Waals surface area contributed by atoms with Gasteiger partial charge in [-0.15, -0.1) is 0 Å². The van der Waals surface area contributed by atoms with Crippen LogP contribution in [0.5, 0.6) is 0 Å². The summed E-state index contributed by atoms with van der Waals surface area (Å²) in [6.45, 7) is 4.27. The highest BCUT2D eigenvalue weighted by Crippen LogP contribution is 2.31. The summed E-state index contributed by atoms with van der Waals surface area (Å²) in [5.74, 6) is 1.98. The molecule has 4 heteroatoms. The minimum atomic E-state index is -0.315. The molecule has 4 nitrogen and oxygen atoms in total. The van der Waals surface area contributed by atoms with Crippen LogP contribution in [0.4, 0.5) is 0 Å².